The van der Waals surface area contributed by atoms with Crippen LogP contribution in [0.4, 0.5) is 10.5 Å². The topological polar surface area (TPSA) is 100 Å². The second-order valence-electron chi connectivity index (χ2n) is 5.86. The van der Waals surface area contributed by atoms with Crippen LogP contribution in [0.25, 0.3) is 0 Å². The van der Waals surface area contributed by atoms with Crippen LogP contribution < -0.4 is 16.0 Å². The highest BCUT2D eigenvalue weighted by Crippen LogP contribution is 2.28. The number of aromatic nitrogens is 1. The molecule has 4 amide bonds. The standard InChI is InChI=1S/C21H18N4O3S/c1-22-20(27)18-13-17(11-12-23-18)29-16-9-7-15(8-10-16)24-21(28)25-19(26)14-5-3-2-4-6-14/h2-13H,1H3,(H,22,27)(H2,24,25,26,28). The number of urea groups is 1. The lowest BCUT2D eigenvalue weighted by molar-refractivity contribution is 0.0952. The highest BCUT2D eigenvalue weighted by Gasteiger charge is 2.10. The van der Waals surface area contributed by atoms with Crippen molar-refractivity contribution >= 4 is 35.3 Å². The number of amides is 4. The first kappa shape index (κ1) is 20.1. The van der Waals surface area contributed by atoms with Crippen LogP contribution >= 0.6 is 11.8 Å². The number of hydrogen-bond donors (Lipinski definition) is 3. The predicted octanol–water partition coefficient (Wildman–Crippen LogP) is 3.55. The molecule has 3 rings (SSSR count). The third-order valence-electron chi connectivity index (χ3n) is 3.80. The van der Waals surface area contributed by atoms with Crippen molar-refractivity contribution < 1.29 is 14.4 Å². The largest absolute Gasteiger partial charge is 0.354 e. The van der Waals surface area contributed by atoms with E-state index in [1.54, 1.807) is 61.8 Å². The van der Waals surface area contributed by atoms with Gasteiger partial charge in [0.2, 0.25) is 0 Å². The number of hydrogen-bond acceptors (Lipinski definition) is 5. The minimum absolute atomic E-state index is 0.247. The average molecular weight is 406 g/mol. The Balaban J connectivity index is 1.58. The summed E-state index contributed by atoms with van der Waals surface area (Å²) in [5, 5.41) is 7.45. The zero-order chi connectivity index (χ0) is 20.6. The zero-order valence-corrected chi connectivity index (χ0v) is 16.3. The molecule has 0 radical (unpaired) electrons. The van der Waals surface area contributed by atoms with Gasteiger partial charge in [0.1, 0.15) is 5.69 Å². The molecule has 0 aliphatic rings. The predicted molar refractivity (Wildman–Crippen MR) is 111 cm³/mol. The van der Waals surface area contributed by atoms with Crippen LogP contribution in [0, 0.1) is 0 Å². The summed E-state index contributed by atoms with van der Waals surface area (Å²) in [6.07, 6.45) is 1.58. The minimum Gasteiger partial charge on any atom is -0.354 e. The van der Waals surface area contributed by atoms with Crippen molar-refractivity contribution in [1.29, 1.82) is 0 Å². The number of rotatable bonds is 5. The molecule has 2 aromatic carbocycles. The first-order valence-corrected chi connectivity index (χ1v) is 9.50. The highest BCUT2D eigenvalue weighted by atomic mass is 32.2. The molecule has 0 atom stereocenters. The Morgan fingerprint density at radius 3 is 2.28 bits per heavy atom. The molecular weight excluding hydrogens is 388 g/mol. The lowest BCUT2D eigenvalue weighted by Crippen LogP contribution is -2.34. The van der Waals surface area contributed by atoms with E-state index in [0.717, 1.165) is 9.79 Å². The van der Waals surface area contributed by atoms with Gasteiger partial charge in [-0.15, -0.1) is 0 Å². The lowest BCUT2D eigenvalue weighted by Gasteiger charge is -2.08. The summed E-state index contributed by atoms with van der Waals surface area (Å²) in [7, 11) is 1.55. The lowest BCUT2D eigenvalue weighted by atomic mass is 10.2. The molecule has 0 saturated carbocycles. The number of carbonyl (C=O) groups excluding carboxylic acids is 3. The highest BCUT2D eigenvalue weighted by molar-refractivity contribution is 7.99. The van der Waals surface area contributed by atoms with Gasteiger partial charge in [0.05, 0.1) is 0 Å². The summed E-state index contributed by atoms with van der Waals surface area (Å²) in [4.78, 5) is 41.5. The summed E-state index contributed by atoms with van der Waals surface area (Å²) in [5.74, 6) is -0.719. The average Bonchev–Trinajstić information content (AvgIpc) is 2.75. The number of imide groups is 1. The Bertz CT molecular complexity index is 1020. The monoisotopic (exact) mass is 406 g/mol. The number of pyridine rings is 1. The molecule has 0 unspecified atom stereocenters. The summed E-state index contributed by atoms with van der Waals surface area (Å²) in [6.45, 7) is 0. The molecule has 8 heteroatoms. The van der Waals surface area contributed by atoms with Crippen LogP contribution in [0.2, 0.25) is 0 Å². The summed E-state index contributed by atoms with van der Waals surface area (Å²) in [5.41, 5.74) is 1.30. The van der Waals surface area contributed by atoms with E-state index < -0.39 is 11.9 Å². The van der Waals surface area contributed by atoms with E-state index in [1.807, 2.05) is 18.2 Å². The van der Waals surface area contributed by atoms with Crippen LogP contribution in [0.1, 0.15) is 20.8 Å². The van der Waals surface area contributed by atoms with Gasteiger partial charge in [-0.2, -0.15) is 0 Å². The molecular formula is C21H18N4O3S. The molecule has 0 bridgehead atoms. The van der Waals surface area contributed by atoms with Gasteiger partial charge in [-0.05, 0) is 48.5 Å². The van der Waals surface area contributed by atoms with Gasteiger partial charge in [-0.1, -0.05) is 30.0 Å². The van der Waals surface area contributed by atoms with Crippen molar-refractivity contribution in [2.75, 3.05) is 12.4 Å². The first-order chi connectivity index (χ1) is 14.0. The number of carbonyl (C=O) groups is 3. The molecule has 0 saturated heterocycles. The number of benzene rings is 2. The number of nitrogens with zero attached hydrogens (tertiary/aromatic N) is 1. The fraction of sp³-hybridized carbons (Fsp3) is 0.0476. The molecule has 0 aliphatic heterocycles. The molecule has 146 valence electrons. The fourth-order valence-corrected chi connectivity index (χ4v) is 3.24. The molecule has 3 N–H and O–H groups in total. The molecule has 3 aromatic rings. The van der Waals surface area contributed by atoms with Gasteiger partial charge in [-0.25, -0.2) is 4.79 Å². The Kier molecular flexibility index (Phi) is 6.59. The Labute approximate surface area is 171 Å². The van der Waals surface area contributed by atoms with Crippen molar-refractivity contribution in [1.82, 2.24) is 15.6 Å². The van der Waals surface area contributed by atoms with E-state index in [-0.39, 0.29) is 5.91 Å². The Hall–Kier alpha value is -3.65. The maximum Gasteiger partial charge on any atom is 0.326 e. The van der Waals surface area contributed by atoms with E-state index >= 15 is 0 Å². The van der Waals surface area contributed by atoms with Crippen molar-refractivity contribution in [3.63, 3.8) is 0 Å². The van der Waals surface area contributed by atoms with Crippen LogP contribution in [0.15, 0.2) is 82.7 Å². The van der Waals surface area contributed by atoms with Gasteiger partial charge in [-0.3, -0.25) is 19.9 Å². The van der Waals surface area contributed by atoms with Gasteiger partial charge >= 0.3 is 6.03 Å². The van der Waals surface area contributed by atoms with Crippen LogP contribution in [0.3, 0.4) is 0 Å². The quantitative estimate of drug-likeness (QED) is 0.602. The smallest absolute Gasteiger partial charge is 0.326 e. The second-order valence-corrected chi connectivity index (χ2v) is 7.00. The molecule has 0 aliphatic carbocycles. The van der Waals surface area contributed by atoms with Crippen LogP contribution in [-0.4, -0.2) is 29.9 Å². The van der Waals surface area contributed by atoms with E-state index in [9.17, 15) is 14.4 Å². The molecule has 29 heavy (non-hydrogen) atoms. The van der Waals surface area contributed by atoms with Crippen molar-refractivity contribution in [3.05, 3.63) is 84.2 Å². The zero-order valence-electron chi connectivity index (χ0n) is 15.5. The van der Waals surface area contributed by atoms with Gasteiger partial charge in [0.15, 0.2) is 0 Å². The first-order valence-electron chi connectivity index (χ1n) is 8.68. The summed E-state index contributed by atoms with van der Waals surface area (Å²) < 4.78 is 0. The fourth-order valence-electron chi connectivity index (χ4n) is 2.40. The van der Waals surface area contributed by atoms with E-state index in [1.165, 1.54) is 11.8 Å². The van der Waals surface area contributed by atoms with Gasteiger partial charge < -0.3 is 10.6 Å². The maximum absolute atomic E-state index is 12.0. The van der Waals surface area contributed by atoms with Crippen molar-refractivity contribution in [2.45, 2.75) is 9.79 Å². The Morgan fingerprint density at radius 2 is 1.59 bits per heavy atom. The third kappa shape index (κ3) is 5.66. The molecule has 1 aromatic heterocycles. The second kappa shape index (κ2) is 9.52. The normalized spacial score (nSPS) is 10.1. The van der Waals surface area contributed by atoms with Crippen molar-refractivity contribution in [3.8, 4) is 0 Å². The molecule has 0 spiro atoms. The van der Waals surface area contributed by atoms with Crippen LogP contribution in [-0.2, 0) is 0 Å². The third-order valence-corrected chi connectivity index (χ3v) is 4.80. The summed E-state index contributed by atoms with van der Waals surface area (Å²) in [6, 6.07) is 18.5. The van der Waals surface area contributed by atoms with Crippen LogP contribution in [0.5, 0.6) is 0 Å². The number of nitrogens with one attached hydrogen (secondary N) is 3. The van der Waals surface area contributed by atoms with E-state index in [4.69, 9.17) is 0 Å². The molecule has 0 fully saturated rings. The van der Waals surface area contributed by atoms with E-state index in [2.05, 4.69) is 20.9 Å². The summed E-state index contributed by atoms with van der Waals surface area (Å²) >= 11 is 1.46. The van der Waals surface area contributed by atoms with E-state index in [0.29, 0.717) is 16.9 Å². The molecule has 7 nitrogen and oxygen atoms in total. The molecule has 1 heterocycles. The SMILES string of the molecule is CNC(=O)c1cc(Sc2ccc(NC(=O)NC(=O)c3ccccc3)cc2)ccn1. The maximum atomic E-state index is 12.0. The van der Waals surface area contributed by atoms with Gasteiger partial charge in [0, 0.05) is 34.3 Å². The minimum atomic E-state index is -0.608. The number of anilines is 1. The van der Waals surface area contributed by atoms with Crippen molar-refractivity contribution in [2.24, 2.45) is 0 Å². The Morgan fingerprint density at radius 1 is 0.862 bits per heavy atom. The van der Waals surface area contributed by atoms with Gasteiger partial charge in [0.25, 0.3) is 11.8 Å².